The molecule has 14 heteroatoms. The predicted octanol–water partition coefficient (Wildman–Crippen LogP) is 3.84. The Morgan fingerprint density at radius 1 is 0.930 bits per heavy atom. The number of amides is 4. The Morgan fingerprint density at radius 3 is 2.21 bits per heavy atom. The van der Waals surface area contributed by atoms with Crippen molar-refractivity contribution in [3.8, 4) is 0 Å². The molecule has 2 aromatic carbocycles. The Hall–Kier alpha value is -3.78. The maximum atomic E-state index is 13.6. The molecule has 0 saturated heterocycles. The third-order valence-corrected chi connectivity index (χ3v) is 9.04. The van der Waals surface area contributed by atoms with Gasteiger partial charge in [-0.25, -0.2) is 4.79 Å². The Labute approximate surface area is 259 Å². The van der Waals surface area contributed by atoms with Crippen molar-refractivity contribution in [1.82, 2.24) is 21.3 Å². The largest absolute Gasteiger partial charge is 0.453 e. The fourth-order valence-electron chi connectivity index (χ4n) is 4.03. The quantitative estimate of drug-likeness (QED) is 0.0875. The summed E-state index contributed by atoms with van der Waals surface area (Å²) >= 11 is 0. The molecule has 4 amide bonds. The summed E-state index contributed by atoms with van der Waals surface area (Å²) in [5.74, 6) is -1.25. The van der Waals surface area contributed by atoms with E-state index in [9.17, 15) is 29.3 Å². The maximum absolute atomic E-state index is 13.6. The molecule has 0 saturated carbocycles. The minimum absolute atomic E-state index is 0.0420. The van der Waals surface area contributed by atoms with Crippen LogP contribution in [-0.4, -0.2) is 66.8 Å². The molecule has 0 aliphatic heterocycles. The van der Waals surface area contributed by atoms with E-state index in [0.717, 1.165) is 27.2 Å². The van der Waals surface area contributed by atoms with Gasteiger partial charge in [-0.2, -0.15) is 0 Å². The Bertz CT molecular complexity index is 1230. The van der Waals surface area contributed by atoms with Gasteiger partial charge in [-0.05, 0) is 47.6 Å². The predicted molar refractivity (Wildman–Crippen MR) is 168 cm³/mol. The van der Waals surface area contributed by atoms with E-state index in [1.54, 1.807) is 18.2 Å². The van der Waals surface area contributed by atoms with Gasteiger partial charge in [0, 0.05) is 26.1 Å². The number of nitrogens with one attached hydrogen (secondary N) is 4. The molecule has 3 atom stereocenters. The van der Waals surface area contributed by atoms with Crippen molar-refractivity contribution >= 4 is 51.1 Å². The molecule has 4 N–H and O–H groups in total. The SMILES string of the molecule is CNC(=O)[C@H](Cc1ccccc1)NC(=O)C(CC(C)C)NC(=O)C(CCCNC(=O)OC)SSc1ccccc1[N+](=O)[O-]. The van der Waals surface area contributed by atoms with E-state index < -0.39 is 40.2 Å². The summed E-state index contributed by atoms with van der Waals surface area (Å²) in [7, 11) is 4.97. The third-order valence-electron chi connectivity index (χ3n) is 6.21. The minimum atomic E-state index is -0.928. The average molecular weight is 634 g/mol. The number of hydrogen-bond acceptors (Lipinski definition) is 9. The van der Waals surface area contributed by atoms with Crippen molar-refractivity contribution in [1.29, 1.82) is 0 Å². The van der Waals surface area contributed by atoms with Gasteiger partial charge in [0.25, 0.3) is 5.69 Å². The first-order chi connectivity index (χ1) is 20.5. The van der Waals surface area contributed by atoms with E-state index in [2.05, 4.69) is 26.0 Å². The van der Waals surface area contributed by atoms with Gasteiger partial charge in [-0.3, -0.25) is 24.5 Å². The smallest absolute Gasteiger partial charge is 0.406 e. The molecular formula is C29H39N5O7S2. The van der Waals surface area contributed by atoms with E-state index in [0.29, 0.717) is 24.2 Å². The van der Waals surface area contributed by atoms with Gasteiger partial charge in [0.1, 0.15) is 12.1 Å². The Kier molecular flexibility index (Phi) is 15.4. The van der Waals surface area contributed by atoms with Gasteiger partial charge in [0.05, 0.1) is 22.2 Å². The van der Waals surface area contributed by atoms with E-state index in [1.165, 1.54) is 20.2 Å². The zero-order valence-electron chi connectivity index (χ0n) is 24.7. The second-order valence-electron chi connectivity index (χ2n) is 10.0. The number of nitro benzene ring substituents is 1. The summed E-state index contributed by atoms with van der Waals surface area (Å²) in [6.45, 7) is 4.08. The number of para-hydroxylation sites is 1. The van der Waals surface area contributed by atoms with Crippen LogP contribution in [0.5, 0.6) is 0 Å². The van der Waals surface area contributed by atoms with Crippen LogP contribution in [0.25, 0.3) is 0 Å². The van der Waals surface area contributed by atoms with Crippen LogP contribution in [0.3, 0.4) is 0 Å². The molecule has 0 fully saturated rings. The fraction of sp³-hybridized carbons (Fsp3) is 0.448. The molecule has 0 aliphatic rings. The molecule has 2 rings (SSSR count). The zero-order valence-corrected chi connectivity index (χ0v) is 26.3. The first-order valence-corrected chi connectivity index (χ1v) is 16.0. The van der Waals surface area contributed by atoms with Crippen LogP contribution in [0.2, 0.25) is 0 Å². The number of likely N-dealkylation sites (N-methyl/N-ethyl adjacent to an activating group) is 1. The average Bonchev–Trinajstić information content (AvgIpc) is 2.99. The lowest BCUT2D eigenvalue weighted by Crippen LogP contribution is -2.55. The zero-order chi connectivity index (χ0) is 31.8. The fourth-order valence-corrected chi connectivity index (χ4v) is 6.67. The second-order valence-corrected chi connectivity index (χ2v) is 12.5. The number of carbonyl (C=O) groups is 4. The number of carbonyl (C=O) groups excluding carboxylic acids is 4. The van der Waals surface area contributed by atoms with Crippen LogP contribution in [0, 0.1) is 16.0 Å². The van der Waals surface area contributed by atoms with Gasteiger partial charge in [-0.15, -0.1) is 0 Å². The van der Waals surface area contributed by atoms with Crippen LogP contribution in [0.1, 0.15) is 38.7 Å². The molecule has 234 valence electrons. The molecule has 0 aliphatic carbocycles. The van der Waals surface area contributed by atoms with E-state index in [4.69, 9.17) is 0 Å². The lowest BCUT2D eigenvalue weighted by Gasteiger charge is -2.25. The van der Waals surface area contributed by atoms with Gasteiger partial charge >= 0.3 is 6.09 Å². The monoisotopic (exact) mass is 633 g/mol. The highest BCUT2D eigenvalue weighted by Gasteiger charge is 2.30. The number of alkyl carbamates (subject to hydrolysis) is 1. The lowest BCUT2D eigenvalue weighted by atomic mass is 10.0. The maximum Gasteiger partial charge on any atom is 0.406 e. The summed E-state index contributed by atoms with van der Waals surface area (Å²) in [4.78, 5) is 62.5. The van der Waals surface area contributed by atoms with Gasteiger partial charge in [0.15, 0.2) is 0 Å². The third kappa shape index (κ3) is 12.5. The lowest BCUT2D eigenvalue weighted by molar-refractivity contribution is -0.387. The summed E-state index contributed by atoms with van der Waals surface area (Å²) in [6, 6.07) is 13.7. The first kappa shape index (κ1) is 35.4. The molecule has 0 bridgehead atoms. The van der Waals surface area contributed by atoms with Crippen molar-refractivity contribution in [3.63, 3.8) is 0 Å². The van der Waals surface area contributed by atoms with Crippen molar-refractivity contribution in [3.05, 3.63) is 70.3 Å². The topological polar surface area (TPSA) is 169 Å². The Morgan fingerprint density at radius 2 is 1.58 bits per heavy atom. The first-order valence-electron chi connectivity index (χ1n) is 13.8. The van der Waals surface area contributed by atoms with Crippen LogP contribution in [0.15, 0.2) is 59.5 Å². The van der Waals surface area contributed by atoms with Gasteiger partial charge in [-0.1, -0.05) is 67.1 Å². The van der Waals surface area contributed by atoms with E-state index >= 15 is 0 Å². The van der Waals surface area contributed by atoms with Gasteiger partial charge < -0.3 is 26.0 Å². The summed E-state index contributed by atoms with van der Waals surface area (Å²) in [5.41, 5.74) is 0.784. The van der Waals surface area contributed by atoms with Crippen molar-refractivity contribution < 1.29 is 28.8 Å². The molecular weight excluding hydrogens is 594 g/mol. The van der Waals surface area contributed by atoms with Crippen molar-refractivity contribution in [2.45, 2.75) is 61.8 Å². The van der Waals surface area contributed by atoms with Crippen LogP contribution < -0.4 is 21.3 Å². The number of methoxy groups -OCH3 is 1. The van der Waals surface area contributed by atoms with Crippen molar-refractivity contribution in [2.75, 3.05) is 20.7 Å². The standard InChI is InChI=1S/C29H39N5O7S2/c1-19(2)17-21(27(36)32-22(26(35)30-3)18-20-11-6-5-7-12-20)33-28(37)25(15-10-16-31-29(38)41-4)43-42-24-14-9-8-13-23(24)34(39)40/h5-9,11-14,19,21-22,25H,10,15-18H2,1-4H3,(H,30,35)(H,31,38)(H,32,36)(H,33,37)/t21?,22-,25?/m0/s1. The van der Waals surface area contributed by atoms with Crippen LogP contribution in [0.4, 0.5) is 10.5 Å². The highest BCUT2D eigenvalue weighted by molar-refractivity contribution is 8.77. The number of nitrogens with zero attached hydrogens (tertiary/aromatic N) is 1. The van der Waals surface area contributed by atoms with Crippen LogP contribution in [-0.2, 0) is 25.5 Å². The number of nitro groups is 1. The molecule has 43 heavy (non-hydrogen) atoms. The molecule has 2 aromatic rings. The molecule has 12 nitrogen and oxygen atoms in total. The van der Waals surface area contributed by atoms with Gasteiger partial charge in [0.2, 0.25) is 17.7 Å². The number of ether oxygens (including phenoxy) is 1. The highest BCUT2D eigenvalue weighted by Crippen LogP contribution is 2.40. The Balaban J connectivity index is 2.20. The molecule has 0 heterocycles. The number of hydrogen-bond donors (Lipinski definition) is 4. The summed E-state index contributed by atoms with van der Waals surface area (Å²) in [6.07, 6.45) is 0.708. The van der Waals surface area contributed by atoms with E-state index in [1.807, 2.05) is 44.2 Å². The van der Waals surface area contributed by atoms with E-state index in [-0.39, 0.29) is 30.5 Å². The molecule has 0 spiro atoms. The molecule has 2 unspecified atom stereocenters. The van der Waals surface area contributed by atoms with Crippen LogP contribution >= 0.6 is 21.6 Å². The molecule has 0 aromatic heterocycles. The minimum Gasteiger partial charge on any atom is -0.453 e. The normalized spacial score (nSPS) is 12.9. The molecule has 0 radical (unpaired) electrons. The van der Waals surface area contributed by atoms with Crippen molar-refractivity contribution in [2.24, 2.45) is 5.92 Å². The number of rotatable bonds is 17. The second kappa shape index (κ2) is 18.7. The number of benzene rings is 2. The highest BCUT2D eigenvalue weighted by atomic mass is 33.1. The summed E-state index contributed by atoms with van der Waals surface area (Å²) in [5, 5.41) is 21.6. The summed E-state index contributed by atoms with van der Waals surface area (Å²) < 4.78 is 4.58.